The number of fused-ring (bicyclic) bond motifs is 1. The molecule has 0 aliphatic carbocycles. The number of amides is 2. The van der Waals surface area contributed by atoms with E-state index in [1.165, 1.54) is 4.88 Å². The first-order valence-electron chi connectivity index (χ1n) is 8.54. The minimum Gasteiger partial charge on any atom is -0.324 e. The fraction of sp³-hybridized carbons (Fsp3) is 0.368. The van der Waals surface area contributed by atoms with Gasteiger partial charge >= 0.3 is 0 Å². The van der Waals surface area contributed by atoms with Crippen LogP contribution in [-0.4, -0.2) is 28.5 Å². The second-order valence-electron chi connectivity index (χ2n) is 6.35. The SMILES string of the molecule is CCc1ccccc1NC(=O)[C@H]1CS[C@@]2(c3cccs3)CCC(=O)N12. The van der Waals surface area contributed by atoms with Crippen LogP contribution in [0.25, 0.3) is 0 Å². The third-order valence-corrected chi connectivity index (χ3v) is 7.72. The van der Waals surface area contributed by atoms with Gasteiger partial charge in [-0.2, -0.15) is 0 Å². The topological polar surface area (TPSA) is 49.4 Å². The number of aryl methyl sites for hydroxylation is 1. The van der Waals surface area contributed by atoms with Crippen molar-refractivity contribution in [2.45, 2.75) is 37.1 Å². The van der Waals surface area contributed by atoms with Gasteiger partial charge in [0.2, 0.25) is 11.8 Å². The van der Waals surface area contributed by atoms with E-state index in [9.17, 15) is 9.59 Å². The van der Waals surface area contributed by atoms with Gasteiger partial charge in [0.25, 0.3) is 0 Å². The summed E-state index contributed by atoms with van der Waals surface area (Å²) in [4.78, 5) is 28.2. The molecule has 2 amide bonds. The number of anilines is 1. The second-order valence-corrected chi connectivity index (χ2v) is 8.60. The zero-order valence-electron chi connectivity index (χ0n) is 14.0. The van der Waals surface area contributed by atoms with E-state index in [0.29, 0.717) is 12.2 Å². The number of carbonyl (C=O) groups is 2. The summed E-state index contributed by atoms with van der Waals surface area (Å²) in [5.41, 5.74) is 1.96. The average Bonchev–Trinajstić information content (AvgIpc) is 3.33. The highest BCUT2D eigenvalue weighted by Crippen LogP contribution is 2.55. The Hall–Kier alpha value is -1.79. The molecule has 4 rings (SSSR count). The van der Waals surface area contributed by atoms with Crippen LogP contribution in [0.5, 0.6) is 0 Å². The Morgan fingerprint density at radius 2 is 2.16 bits per heavy atom. The van der Waals surface area contributed by atoms with E-state index in [1.807, 2.05) is 40.6 Å². The maximum Gasteiger partial charge on any atom is 0.248 e. The van der Waals surface area contributed by atoms with Gasteiger partial charge in [0.15, 0.2) is 0 Å². The number of nitrogens with zero attached hydrogens (tertiary/aromatic N) is 1. The second kappa shape index (κ2) is 6.50. The molecule has 1 aromatic heterocycles. The maximum atomic E-state index is 13.0. The van der Waals surface area contributed by atoms with Crippen LogP contribution in [0.15, 0.2) is 41.8 Å². The number of nitrogens with one attached hydrogen (secondary N) is 1. The summed E-state index contributed by atoms with van der Waals surface area (Å²) in [5, 5.41) is 5.09. The Morgan fingerprint density at radius 3 is 2.92 bits per heavy atom. The molecule has 0 unspecified atom stereocenters. The predicted octanol–water partition coefficient (Wildman–Crippen LogP) is 3.84. The number of rotatable bonds is 4. The van der Waals surface area contributed by atoms with Crippen LogP contribution in [0, 0.1) is 0 Å². The summed E-state index contributed by atoms with van der Waals surface area (Å²) in [6.07, 6.45) is 2.16. The van der Waals surface area contributed by atoms with Gasteiger partial charge in [-0.15, -0.1) is 23.1 Å². The van der Waals surface area contributed by atoms with Crippen molar-refractivity contribution in [1.29, 1.82) is 0 Å². The highest BCUT2D eigenvalue weighted by atomic mass is 32.2. The van der Waals surface area contributed by atoms with Gasteiger partial charge in [-0.3, -0.25) is 9.59 Å². The summed E-state index contributed by atoms with van der Waals surface area (Å²) in [5.74, 6) is 0.647. The number of thiophene rings is 1. The molecule has 0 spiro atoms. The molecular formula is C19H20N2O2S2. The van der Waals surface area contributed by atoms with Crippen molar-refractivity contribution in [3.05, 3.63) is 52.2 Å². The lowest BCUT2D eigenvalue weighted by atomic mass is 10.1. The maximum absolute atomic E-state index is 13.0. The van der Waals surface area contributed by atoms with E-state index in [-0.39, 0.29) is 16.7 Å². The number of hydrogen-bond acceptors (Lipinski definition) is 4. The number of para-hydroxylation sites is 1. The van der Waals surface area contributed by atoms with Crippen molar-refractivity contribution >= 4 is 40.6 Å². The summed E-state index contributed by atoms with van der Waals surface area (Å²) < 4.78 is 0. The molecule has 2 aliphatic rings. The van der Waals surface area contributed by atoms with Gasteiger partial charge < -0.3 is 10.2 Å². The molecule has 1 N–H and O–H groups in total. The van der Waals surface area contributed by atoms with Crippen LogP contribution in [0.1, 0.15) is 30.2 Å². The Kier molecular flexibility index (Phi) is 4.33. The van der Waals surface area contributed by atoms with E-state index < -0.39 is 6.04 Å². The molecule has 130 valence electrons. The molecule has 6 heteroatoms. The predicted molar refractivity (Wildman–Crippen MR) is 103 cm³/mol. The van der Waals surface area contributed by atoms with Gasteiger partial charge in [0, 0.05) is 22.7 Å². The molecule has 2 saturated heterocycles. The molecule has 0 radical (unpaired) electrons. The van der Waals surface area contributed by atoms with Crippen LogP contribution >= 0.6 is 23.1 Å². The Morgan fingerprint density at radius 1 is 1.32 bits per heavy atom. The third-order valence-electron chi connectivity index (χ3n) is 4.99. The molecule has 2 fully saturated rings. The Bertz CT molecular complexity index is 806. The van der Waals surface area contributed by atoms with E-state index in [4.69, 9.17) is 0 Å². The summed E-state index contributed by atoms with van der Waals surface area (Å²) in [6.45, 7) is 2.07. The Labute approximate surface area is 155 Å². The minimum absolute atomic E-state index is 0.0814. The van der Waals surface area contributed by atoms with Crippen molar-refractivity contribution in [1.82, 2.24) is 4.90 Å². The van der Waals surface area contributed by atoms with Crippen molar-refractivity contribution in [2.75, 3.05) is 11.1 Å². The molecule has 4 nitrogen and oxygen atoms in total. The van der Waals surface area contributed by atoms with Crippen molar-refractivity contribution in [2.24, 2.45) is 0 Å². The molecule has 25 heavy (non-hydrogen) atoms. The molecule has 0 saturated carbocycles. The fourth-order valence-electron chi connectivity index (χ4n) is 3.75. The highest BCUT2D eigenvalue weighted by Gasteiger charge is 2.57. The summed E-state index contributed by atoms with van der Waals surface area (Å²) in [6, 6.07) is 11.5. The number of hydrogen-bond donors (Lipinski definition) is 1. The van der Waals surface area contributed by atoms with Crippen molar-refractivity contribution in [3.63, 3.8) is 0 Å². The van der Waals surface area contributed by atoms with E-state index in [0.717, 1.165) is 24.1 Å². The van der Waals surface area contributed by atoms with E-state index in [2.05, 4.69) is 18.3 Å². The van der Waals surface area contributed by atoms with Crippen molar-refractivity contribution < 1.29 is 9.59 Å². The minimum atomic E-state index is -0.410. The van der Waals surface area contributed by atoms with Gasteiger partial charge in [0.1, 0.15) is 10.9 Å². The largest absolute Gasteiger partial charge is 0.324 e. The Balaban J connectivity index is 1.61. The number of thioether (sulfide) groups is 1. The van der Waals surface area contributed by atoms with Crippen LogP contribution < -0.4 is 5.32 Å². The molecule has 1 aromatic carbocycles. The third kappa shape index (κ3) is 2.68. The van der Waals surface area contributed by atoms with Gasteiger partial charge in [-0.25, -0.2) is 0 Å². The average molecular weight is 373 g/mol. The molecular weight excluding hydrogens is 352 g/mol. The van der Waals surface area contributed by atoms with Gasteiger partial charge in [0.05, 0.1) is 0 Å². The monoisotopic (exact) mass is 372 g/mol. The quantitative estimate of drug-likeness (QED) is 0.887. The van der Waals surface area contributed by atoms with Crippen LogP contribution in [0.3, 0.4) is 0 Å². The first-order chi connectivity index (χ1) is 12.2. The number of carbonyl (C=O) groups excluding carboxylic acids is 2. The summed E-state index contributed by atoms with van der Waals surface area (Å²) in [7, 11) is 0. The lowest BCUT2D eigenvalue weighted by Crippen LogP contribution is -2.47. The summed E-state index contributed by atoms with van der Waals surface area (Å²) >= 11 is 3.40. The fourth-order valence-corrected chi connectivity index (χ4v) is 6.48. The molecule has 2 aliphatic heterocycles. The van der Waals surface area contributed by atoms with Crippen LogP contribution in [0.2, 0.25) is 0 Å². The van der Waals surface area contributed by atoms with Crippen molar-refractivity contribution in [3.8, 4) is 0 Å². The highest BCUT2D eigenvalue weighted by molar-refractivity contribution is 8.00. The molecule has 3 heterocycles. The van der Waals surface area contributed by atoms with E-state index >= 15 is 0 Å². The standard InChI is InChI=1S/C19H20N2O2S2/c1-2-13-6-3-4-7-14(13)20-18(23)15-12-25-19(16-8-5-11-24-16)10-9-17(22)21(15)19/h3-8,11,15H,2,9-10,12H2,1H3,(H,20,23)/t15-,19-/m1/s1. The lowest BCUT2D eigenvalue weighted by molar-refractivity contribution is -0.136. The lowest BCUT2D eigenvalue weighted by Gasteiger charge is -2.32. The molecule has 0 bridgehead atoms. The normalized spacial score (nSPS) is 25.2. The zero-order valence-corrected chi connectivity index (χ0v) is 15.7. The van der Waals surface area contributed by atoms with Crippen LogP contribution in [0.4, 0.5) is 5.69 Å². The first kappa shape index (κ1) is 16.7. The smallest absolute Gasteiger partial charge is 0.248 e. The van der Waals surface area contributed by atoms with Gasteiger partial charge in [-0.1, -0.05) is 31.2 Å². The van der Waals surface area contributed by atoms with E-state index in [1.54, 1.807) is 23.1 Å². The zero-order chi connectivity index (χ0) is 17.4. The molecule has 2 atom stereocenters. The van der Waals surface area contributed by atoms with Gasteiger partial charge in [-0.05, 0) is 35.9 Å². The first-order valence-corrected chi connectivity index (χ1v) is 10.4. The van der Waals surface area contributed by atoms with Crippen LogP contribution in [-0.2, 0) is 20.9 Å². The molecule has 2 aromatic rings. The number of benzene rings is 1.